The summed E-state index contributed by atoms with van der Waals surface area (Å²) in [4.78, 5) is 1.17. The van der Waals surface area contributed by atoms with Crippen LogP contribution < -0.4 is 10.1 Å². The Morgan fingerprint density at radius 1 is 1.35 bits per heavy atom. The molecule has 1 aromatic carbocycles. The highest BCUT2D eigenvalue weighted by atomic mass is 79.9. The van der Waals surface area contributed by atoms with Crippen LogP contribution in [0.25, 0.3) is 0 Å². The highest BCUT2D eigenvalue weighted by molar-refractivity contribution is 9.10. The topological polar surface area (TPSA) is 50.7 Å². The van der Waals surface area contributed by atoms with Gasteiger partial charge in [-0.05, 0) is 52.0 Å². The van der Waals surface area contributed by atoms with Gasteiger partial charge < -0.3 is 19.9 Å². The monoisotopic (exact) mass is 399 g/mol. The number of aliphatic hydroxyl groups is 1. The van der Waals surface area contributed by atoms with E-state index in [4.69, 9.17) is 9.47 Å². The van der Waals surface area contributed by atoms with Crippen LogP contribution in [0.4, 0.5) is 0 Å². The standard InChI is InChI=1S/C17H22BrNO3S/c1-12(13-5-6-17(21-2)16(18)8-13)19-9-14(20)10-22-11-15-4-3-7-23-15/h3-8,12,14,19-20H,9-11H2,1-2H3. The first-order valence-electron chi connectivity index (χ1n) is 7.45. The summed E-state index contributed by atoms with van der Waals surface area (Å²) in [5, 5.41) is 15.3. The lowest BCUT2D eigenvalue weighted by molar-refractivity contribution is 0.0288. The molecule has 0 amide bonds. The molecule has 1 aromatic heterocycles. The van der Waals surface area contributed by atoms with Crippen molar-refractivity contribution in [1.29, 1.82) is 0 Å². The highest BCUT2D eigenvalue weighted by Gasteiger charge is 2.11. The summed E-state index contributed by atoms with van der Waals surface area (Å²) in [6.07, 6.45) is -0.529. The number of thiophene rings is 1. The van der Waals surface area contributed by atoms with Crippen LogP contribution in [0.3, 0.4) is 0 Å². The number of ether oxygens (including phenoxy) is 2. The van der Waals surface area contributed by atoms with Gasteiger partial charge in [-0.2, -0.15) is 0 Å². The van der Waals surface area contributed by atoms with Gasteiger partial charge >= 0.3 is 0 Å². The molecule has 0 fully saturated rings. The second-order valence-electron chi connectivity index (χ2n) is 5.27. The number of aliphatic hydroxyl groups excluding tert-OH is 1. The molecule has 126 valence electrons. The average molecular weight is 400 g/mol. The number of halogens is 1. The van der Waals surface area contributed by atoms with Gasteiger partial charge in [0.25, 0.3) is 0 Å². The third-order valence-corrected chi connectivity index (χ3v) is 4.94. The quantitative estimate of drug-likeness (QED) is 0.673. The fourth-order valence-corrected chi connectivity index (χ4v) is 3.33. The molecule has 0 aliphatic carbocycles. The molecular formula is C17H22BrNO3S. The number of hydrogen-bond donors (Lipinski definition) is 2. The Balaban J connectivity index is 1.72. The van der Waals surface area contributed by atoms with E-state index in [9.17, 15) is 5.11 Å². The molecule has 0 radical (unpaired) electrons. The normalized spacial score (nSPS) is 13.7. The Hall–Kier alpha value is -0.920. The third kappa shape index (κ3) is 5.90. The van der Waals surface area contributed by atoms with Crippen LogP contribution in [0.5, 0.6) is 5.75 Å². The maximum atomic E-state index is 10.00. The van der Waals surface area contributed by atoms with Crippen molar-refractivity contribution in [2.24, 2.45) is 0 Å². The lowest BCUT2D eigenvalue weighted by Crippen LogP contribution is -2.32. The zero-order chi connectivity index (χ0) is 16.7. The molecule has 6 heteroatoms. The van der Waals surface area contributed by atoms with Crippen molar-refractivity contribution in [3.05, 3.63) is 50.6 Å². The number of nitrogens with one attached hydrogen (secondary N) is 1. The van der Waals surface area contributed by atoms with Crippen LogP contribution >= 0.6 is 27.3 Å². The third-order valence-electron chi connectivity index (χ3n) is 3.47. The Labute approximate surface area is 149 Å². The van der Waals surface area contributed by atoms with E-state index >= 15 is 0 Å². The van der Waals surface area contributed by atoms with Crippen molar-refractivity contribution in [2.75, 3.05) is 20.3 Å². The van der Waals surface area contributed by atoms with E-state index in [0.717, 1.165) is 15.8 Å². The fraction of sp³-hybridized carbons (Fsp3) is 0.412. The van der Waals surface area contributed by atoms with Gasteiger partial charge in [0.15, 0.2) is 0 Å². The van der Waals surface area contributed by atoms with Crippen molar-refractivity contribution in [1.82, 2.24) is 5.32 Å². The summed E-state index contributed by atoms with van der Waals surface area (Å²) < 4.78 is 11.7. The first kappa shape index (κ1) is 18.4. The minimum Gasteiger partial charge on any atom is -0.496 e. The summed E-state index contributed by atoms with van der Waals surface area (Å²) in [5.74, 6) is 0.808. The minimum absolute atomic E-state index is 0.129. The van der Waals surface area contributed by atoms with Crippen LogP contribution in [-0.4, -0.2) is 31.5 Å². The predicted molar refractivity (Wildman–Crippen MR) is 97.1 cm³/mol. The average Bonchev–Trinajstić information content (AvgIpc) is 3.06. The van der Waals surface area contributed by atoms with Crippen LogP contribution in [0, 0.1) is 0 Å². The minimum atomic E-state index is -0.529. The summed E-state index contributed by atoms with van der Waals surface area (Å²) in [6, 6.07) is 10.1. The second-order valence-corrected chi connectivity index (χ2v) is 7.16. The number of benzene rings is 1. The Morgan fingerprint density at radius 2 is 2.17 bits per heavy atom. The lowest BCUT2D eigenvalue weighted by Gasteiger charge is -2.18. The van der Waals surface area contributed by atoms with Crippen molar-refractivity contribution < 1.29 is 14.6 Å². The molecule has 2 N–H and O–H groups in total. The Kier molecular flexibility index (Phi) is 7.52. The zero-order valence-corrected chi connectivity index (χ0v) is 15.7. The molecule has 0 aliphatic rings. The first-order chi connectivity index (χ1) is 11.1. The van der Waals surface area contributed by atoms with E-state index in [1.54, 1.807) is 18.4 Å². The molecule has 0 aliphatic heterocycles. The van der Waals surface area contributed by atoms with Crippen LogP contribution in [0.1, 0.15) is 23.4 Å². The first-order valence-corrected chi connectivity index (χ1v) is 9.12. The van der Waals surface area contributed by atoms with E-state index in [0.29, 0.717) is 19.8 Å². The van der Waals surface area contributed by atoms with Gasteiger partial charge in [-0.25, -0.2) is 0 Å². The Bertz CT molecular complexity index is 592. The van der Waals surface area contributed by atoms with Crippen molar-refractivity contribution >= 4 is 27.3 Å². The highest BCUT2D eigenvalue weighted by Crippen LogP contribution is 2.27. The zero-order valence-electron chi connectivity index (χ0n) is 13.3. The van der Waals surface area contributed by atoms with Crippen LogP contribution in [0.15, 0.2) is 40.2 Å². The molecule has 0 saturated carbocycles. The summed E-state index contributed by atoms with van der Waals surface area (Å²) in [6.45, 7) is 3.42. The van der Waals surface area contributed by atoms with Gasteiger partial charge in [0.05, 0.1) is 30.9 Å². The Morgan fingerprint density at radius 3 is 2.83 bits per heavy atom. The smallest absolute Gasteiger partial charge is 0.133 e. The van der Waals surface area contributed by atoms with Gasteiger partial charge in [0.1, 0.15) is 5.75 Å². The van der Waals surface area contributed by atoms with E-state index in [2.05, 4.69) is 28.2 Å². The predicted octanol–water partition coefficient (Wildman–Crippen LogP) is 3.75. The van der Waals surface area contributed by atoms with Gasteiger partial charge in [-0.1, -0.05) is 12.1 Å². The molecule has 2 unspecified atom stereocenters. The summed E-state index contributed by atoms with van der Waals surface area (Å²) >= 11 is 5.14. The van der Waals surface area contributed by atoms with Gasteiger partial charge in [0, 0.05) is 17.5 Å². The van der Waals surface area contributed by atoms with Crippen molar-refractivity contribution in [2.45, 2.75) is 25.7 Å². The molecule has 0 saturated heterocycles. The molecule has 0 spiro atoms. The molecule has 0 bridgehead atoms. The van der Waals surface area contributed by atoms with Crippen molar-refractivity contribution in [3.8, 4) is 5.75 Å². The SMILES string of the molecule is COc1ccc(C(C)NCC(O)COCc2cccs2)cc1Br. The van der Waals surface area contributed by atoms with E-state index in [1.165, 1.54) is 4.88 Å². The van der Waals surface area contributed by atoms with Gasteiger partial charge in [0.2, 0.25) is 0 Å². The maximum absolute atomic E-state index is 10.00. The van der Waals surface area contributed by atoms with Crippen LogP contribution in [-0.2, 0) is 11.3 Å². The van der Waals surface area contributed by atoms with Gasteiger partial charge in [-0.3, -0.25) is 0 Å². The molecule has 2 atom stereocenters. The van der Waals surface area contributed by atoms with E-state index in [-0.39, 0.29) is 6.04 Å². The van der Waals surface area contributed by atoms with E-state index in [1.807, 2.05) is 35.7 Å². The molecule has 23 heavy (non-hydrogen) atoms. The fourth-order valence-electron chi connectivity index (χ4n) is 2.13. The lowest BCUT2D eigenvalue weighted by atomic mass is 10.1. The molecular weight excluding hydrogens is 378 g/mol. The molecule has 2 aromatic rings. The molecule has 2 rings (SSSR count). The maximum Gasteiger partial charge on any atom is 0.133 e. The molecule has 4 nitrogen and oxygen atoms in total. The summed E-state index contributed by atoms with van der Waals surface area (Å²) in [5.41, 5.74) is 1.13. The number of methoxy groups -OCH3 is 1. The largest absolute Gasteiger partial charge is 0.496 e. The van der Waals surface area contributed by atoms with E-state index < -0.39 is 6.10 Å². The number of hydrogen-bond acceptors (Lipinski definition) is 5. The van der Waals surface area contributed by atoms with Crippen molar-refractivity contribution in [3.63, 3.8) is 0 Å². The summed E-state index contributed by atoms with van der Waals surface area (Å²) in [7, 11) is 1.65. The molecule has 1 heterocycles. The van der Waals surface area contributed by atoms with Crippen LogP contribution in [0.2, 0.25) is 0 Å². The second kappa shape index (κ2) is 9.39. The number of rotatable bonds is 9. The van der Waals surface area contributed by atoms with Gasteiger partial charge in [-0.15, -0.1) is 11.3 Å².